The van der Waals surface area contributed by atoms with Crippen LogP contribution in [0.5, 0.6) is 0 Å². The molecule has 0 saturated carbocycles. The Hall–Kier alpha value is -1.20. The highest BCUT2D eigenvalue weighted by Gasteiger charge is 2.26. The molecule has 0 spiro atoms. The average molecular weight is 412 g/mol. The van der Waals surface area contributed by atoms with E-state index in [-0.39, 0.29) is 16.4 Å². The van der Waals surface area contributed by atoms with Gasteiger partial charge in [-0.05, 0) is 50.5 Å². The van der Waals surface area contributed by atoms with Crippen molar-refractivity contribution in [2.24, 2.45) is 0 Å². The summed E-state index contributed by atoms with van der Waals surface area (Å²) in [5, 5.41) is 1.12. The van der Waals surface area contributed by atoms with Crippen molar-refractivity contribution in [3.05, 3.63) is 69.2 Å². The monoisotopic (exact) mass is 411 g/mol. The summed E-state index contributed by atoms with van der Waals surface area (Å²) in [5.41, 5.74) is 3.05. The molecular weight excluding hydrogens is 389 g/mol. The van der Waals surface area contributed by atoms with Crippen molar-refractivity contribution in [3.63, 3.8) is 0 Å². The Balaban J connectivity index is 0.000000298. The fourth-order valence-corrected chi connectivity index (χ4v) is 3.00. The smallest absolute Gasteiger partial charge is 0.163 e. The molecule has 0 aliphatic heterocycles. The van der Waals surface area contributed by atoms with Gasteiger partial charge in [-0.15, -0.1) is 0 Å². The summed E-state index contributed by atoms with van der Waals surface area (Å²) in [6.45, 7) is 5.51. The van der Waals surface area contributed by atoms with Crippen molar-refractivity contribution in [1.82, 2.24) is 0 Å². The number of benzene rings is 2. The highest BCUT2D eigenvalue weighted by Crippen LogP contribution is 2.38. The molecule has 1 unspecified atom stereocenters. The quantitative estimate of drug-likeness (QED) is 0.545. The molecule has 3 rings (SSSR count). The molecule has 3 nitrogen and oxygen atoms in total. The lowest BCUT2D eigenvalue weighted by molar-refractivity contribution is 0.0969. The van der Waals surface area contributed by atoms with E-state index in [9.17, 15) is 4.79 Å². The molecule has 0 radical (unpaired) electrons. The van der Waals surface area contributed by atoms with Crippen LogP contribution in [0, 0.1) is 4.78 Å². The number of ketones is 1. The zero-order valence-electron chi connectivity index (χ0n) is 15.1. The maximum atomic E-state index is 11.9. The van der Waals surface area contributed by atoms with Crippen LogP contribution in [0.25, 0.3) is 0 Å². The van der Waals surface area contributed by atoms with Crippen molar-refractivity contribution in [2.45, 2.75) is 44.3 Å². The molecule has 2 atom stereocenters. The number of carbonyl (C=O) groups excluding carboxylic acids is 1. The largest absolute Gasteiger partial charge is 0.322 e. The van der Waals surface area contributed by atoms with Gasteiger partial charge in [0.25, 0.3) is 0 Å². The van der Waals surface area contributed by atoms with Gasteiger partial charge in [0.15, 0.2) is 5.78 Å². The third-order valence-electron chi connectivity index (χ3n) is 4.22. The molecule has 140 valence electrons. The molecule has 0 heterocycles. The molecule has 26 heavy (non-hydrogen) atoms. The normalized spacial score (nSPS) is 17.8. The first-order chi connectivity index (χ1) is 12.1. The van der Waals surface area contributed by atoms with Gasteiger partial charge in [-0.25, -0.2) is 0 Å². The van der Waals surface area contributed by atoms with Gasteiger partial charge in [0.1, 0.15) is 0 Å². The van der Waals surface area contributed by atoms with Gasteiger partial charge in [0.2, 0.25) is 0 Å². The maximum Gasteiger partial charge on any atom is 0.163 e. The van der Waals surface area contributed by atoms with Gasteiger partial charge in [-0.3, -0.25) is 9.57 Å². The van der Waals surface area contributed by atoms with Gasteiger partial charge in [0.05, 0.1) is 10.0 Å². The summed E-state index contributed by atoms with van der Waals surface area (Å²) >= 11 is 12.0. The Morgan fingerprint density at radius 2 is 1.73 bits per heavy atom. The Labute approximate surface area is 167 Å². The predicted octanol–water partition coefficient (Wildman–Crippen LogP) is 6.74. The van der Waals surface area contributed by atoms with Crippen LogP contribution in [0.3, 0.4) is 0 Å². The van der Waals surface area contributed by atoms with Gasteiger partial charge >= 0.3 is 0 Å². The Kier molecular flexibility index (Phi) is 7.03. The summed E-state index contributed by atoms with van der Waals surface area (Å²) in [6, 6.07) is 13.5. The summed E-state index contributed by atoms with van der Waals surface area (Å²) < 4.78 is 15.1. The van der Waals surface area contributed by atoms with Crippen molar-refractivity contribution in [1.29, 1.82) is 4.78 Å². The number of fused-ring (bicyclic) bond motifs is 1. The molecule has 2 aromatic carbocycles. The van der Waals surface area contributed by atoms with Gasteiger partial charge in [-0.1, -0.05) is 53.5 Å². The number of carbonyl (C=O) groups is 1. The number of hydrogen-bond acceptors (Lipinski definition) is 2. The molecule has 6 heteroatoms. The summed E-state index contributed by atoms with van der Waals surface area (Å²) in [7, 11) is -1.18. The molecule has 0 amide bonds. The Morgan fingerprint density at radius 3 is 2.31 bits per heavy atom. The second kappa shape index (κ2) is 8.66. The first-order valence-electron chi connectivity index (χ1n) is 8.33. The first kappa shape index (κ1) is 21.1. The number of halogens is 2. The second-order valence-corrected chi connectivity index (χ2v) is 9.78. The fourth-order valence-electron chi connectivity index (χ4n) is 2.70. The lowest BCUT2D eigenvalue weighted by Gasteiger charge is -2.25. The number of hydrogen-bond donors (Lipinski definition) is 2. The minimum Gasteiger partial charge on any atom is -0.322 e. The zero-order valence-corrected chi connectivity index (χ0v) is 17.4. The van der Waals surface area contributed by atoms with Crippen LogP contribution in [0.1, 0.15) is 61.0 Å². The summed E-state index contributed by atoms with van der Waals surface area (Å²) in [6.07, 6.45) is 1.41. The minimum atomic E-state index is -1.18. The number of Topliss-reactive ketones (excluding diaryl/α,β-unsaturated/α-hetero) is 1. The molecule has 2 N–H and O–H groups in total. The van der Waals surface area contributed by atoms with E-state index in [1.54, 1.807) is 0 Å². The molecule has 0 saturated heterocycles. The van der Waals surface area contributed by atoms with Crippen molar-refractivity contribution in [3.8, 4) is 0 Å². The van der Waals surface area contributed by atoms with E-state index in [0.29, 0.717) is 16.5 Å². The van der Waals surface area contributed by atoms with E-state index in [1.807, 2.05) is 63.2 Å². The van der Waals surface area contributed by atoms with Crippen LogP contribution in [-0.2, 0) is 11.0 Å². The molecule has 1 aliphatic carbocycles. The van der Waals surface area contributed by atoms with E-state index < -0.39 is 11.0 Å². The van der Waals surface area contributed by atoms with Crippen LogP contribution >= 0.6 is 23.2 Å². The SMILES string of the molecule is CC(C)(C)S(=N)O.O=C1CC[C@@H](c2ccc(Cl)c(Cl)c2)c2ccccc21. The fraction of sp³-hybridized carbons (Fsp3) is 0.350. The minimum absolute atomic E-state index is 0.226. The standard InChI is InChI=1S/C16H12Cl2O.C4H11NOS/c17-14-7-5-10(9-15(14)18)11-6-8-16(19)13-4-2-1-3-12(11)13;1-4(2,3)7(5)6/h1-5,7,9,11H,6,8H2;1-3H3,(H2,5,6)/t11-;/m0./s1. The third-order valence-corrected chi connectivity index (χ3v) is 6.12. The molecule has 0 fully saturated rings. The third kappa shape index (κ3) is 5.17. The number of rotatable bonds is 1. The second-order valence-electron chi connectivity index (χ2n) is 7.17. The van der Waals surface area contributed by atoms with Crippen LogP contribution in [0.4, 0.5) is 0 Å². The lowest BCUT2D eigenvalue weighted by Crippen LogP contribution is -2.19. The van der Waals surface area contributed by atoms with E-state index >= 15 is 0 Å². The van der Waals surface area contributed by atoms with Gasteiger partial charge in [0, 0.05) is 33.6 Å². The highest BCUT2D eigenvalue weighted by atomic mass is 35.5. The van der Waals surface area contributed by atoms with Gasteiger partial charge < -0.3 is 4.55 Å². The van der Waals surface area contributed by atoms with E-state index in [4.69, 9.17) is 32.5 Å². The van der Waals surface area contributed by atoms with Crippen molar-refractivity contribution >= 4 is 40.0 Å². The van der Waals surface area contributed by atoms with Crippen molar-refractivity contribution < 1.29 is 9.35 Å². The van der Waals surface area contributed by atoms with Crippen LogP contribution < -0.4 is 0 Å². The van der Waals surface area contributed by atoms with Crippen LogP contribution in [-0.4, -0.2) is 15.1 Å². The van der Waals surface area contributed by atoms with E-state index in [0.717, 1.165) is 23.1 Å². The molecular formula is C20H23Cl2NO2S. The van der Waals surface area contributed by atoms with E-state index in [1.165, 1.54) is 0 Å². The maximum absolute atomic E-state index is 11.9. The topological polar surface area (TPSA) is 61.1 Å². The zero-order chi connectivity index (χ0) is 19.5. The predicted molar refractivity (Wildman–Crippen MR) is 111 cm³/mol. The highest BCUT2D eigenvalue weighted by molar-refractivity contribution is 7.81. The summed E-state index contributed by atoms with van der Waals surface area (Å²) in [5.74, 6) is 0.454. The molecule has 2 aromatic rings. The molecule has 0 aromatic heterocycles. The Morgan fingerprint density at radius 1 is 1.12 bits per heavy atom. The number of nitrogens with one attached hydrogen (secondary N) is 1. The average Bonchev–Trinajstić information content (AvgIpc) is 2.58. The lowest BCUT2D eigenvalue weighted by atomic mass is 9.78. The van der Waals surface area contributed by atoms with Gasteiger partial charge in [-0.2, -0.15) is 0 Å². The molecule has 1 aliphatic rings. The Bertz CT molecular complexity index is 831. The van der Waals surface area contributed by atoms with Crippen LogP contribution in [0.2, 0.25) is 10.0 Å². The van der Waals surface area contributed by atoms with Crippen molar-refractivity contribution in [2.75, 3.05) is 0 Å². The van der Waals surface area contributed by atoms with E-state index in [2.05, 4.69) is 0 Å². The summed E-state index contributed by atoms with van der Waals surface area (Å²) in [4.78, 5) is 11.9. The first-order valence-corrected chi connectivity index (χ1v) is 10.3. The molecule has 0 bridgehead atoms. The van der Waals surface area contributed by atoms with Crippen LogP contribution in [0.15, 0.2) is 42.5 Å².